The van der Waals surface area contributed by atoms with Crippen molar-refractivity contribution in [1.29, 1.82) is 0 Å². The van der Waals surface area contributed by atoms with Gasteiger partial charge in [0.2, 0.25) is 5.91 Å². The van der Waals surface area contributed by atoms with Gasteiger partial charge in [0, 0.05) is 22.5 Å². The number of aromatic nitrogens is 1. The molecule has 0 radical (unpaired) electrons. The topological polar surface area (TPSA) is 51.1 Å². The lowest BCUT2D eigenvalue weighted by Crippen LogP contribution is -2.32. The molecule has 0 aliphatic rings. The number of anilines is 1. The first kappa shape index (κ1) is 14.3. The van der Waals surface area contributed by atoms with Crippen LogP contribution in [-0.2, 0) is 4.79 Å². The molecule has 1 aromatic carbocycles. The first-order chi connectivity index (χ1) is 9.49. The summed E-state index contributed by atoms with van der Waals surface area (Å²) in [4.78, 5) is 24.1. The quantitative estimate of drug-likeness (QED) is 0.945. The fraction of sp³-hybridized carbons (Fsp3) is 0.200. The summed E-state index contributed by atoms with van der Waals surface area (Å²) in [5.74, 6) is -0.250. The van der Waals surface area contributed by atoms with Gasteiger partial charge in [0.15, 0.2) is 0 Å². The van der Waals surface area contributed by atoms with Crippen LogP contribution < -0.4 is 10.9 Å². The number of carbonyl (C=O) groups is 1. The molecule has 1 aromatic heterocycles. The number of nitrogens with zero attached hydrogens (tertiary/aromatic N) is 1. The highest BCUT2D eigenvalue weighted by molar-refractivity contribution is 6.30. The molecule has 0 spiro atoms. The first-order valence-corrected chi connectivity index (χ1v) is 6.61. The van der Waals surface area contributed by atoms with Crippen LogP contribution in [0.1, 0.15) is 18.5 Å². The predicted octanol–water partition coefficient (Wildman–Crippen LogP) is 3.01. The molecule has 0 fully saturated rings. The van der Waals surface area contributed by atoms with E-state index in [2.05, 4.69) is 5.32 Å². The van der Waals surface area contributed by atoms with E-state index in [4.69, 9.17) is 11.6 Å². The van der Waals surface area contributed by atoms with E-state index in [1.807, 2.05) is 0 Å². The highest BCUT2D eigenvalue weighted by Gasteiger charge is 2.16. The third-order valence-electron chi connectivity index (χ3n) is 3.07. The molecular formula is C15H15ClN2O2. The molecule has 5 heteroatoms. The lowest BCUT2D eigenvalue weighted by Gasteiger charge is -2.15. The summed E-state index contributed by atoms with van der Waals surface area (Å²) in [5, 5.41) is 3.36. The molecule has 20 heavy (non-hydrogen) atoms. The zero-order valence-corrected chi connectivity index (χ0v) is 12.0. The van der Waals surface area contributed by atoms with Crippen LogP contribution in [0.4, 0.5) is 5.69 Å². The second-order valence-corrected chi connectivity index (χ2v) is 5.01. The molecule has 104 valence electrons. The van der Waals surface area contributed by atoms with Crippen molar-refractivity contribution in [1.82, 2.24) is 4.57 Å². The smallest absolute Gasteiger partial charge is 0.254 e. The maximum absolute atomic E-state index is 12.2. The van der Waals surface area contributed by atoms with Crippen LogP contribution in [0.15, 0.2) is 47.4 Å². The Labute approximate surface area is 122 Å². The van der Waals surface area contributed by atoms with Gasteiger partial charge >= 0.3 is 0 Å². The molecule has 1 unspecified atom stereocenters. The number of aryl methyl sites for hydroxylation is 1. The van der Waals surface area contributed by atoms with Crippen molar-refractivity contribution < 1.29 is 4.79 Å². The van der Waals surface area contributed by atoms with Gasteiger partial charge in [-0.05, 0) is 44.2 Å². The van der Waals surface area contributed by atoms with Gasteiger partial charge < -0.3 is 9.88 Å². The van der Waals surface area contributed by atoms with Crippen LogP contribution in [-0.4, -0.2) is 10.5 Å². The van der Waals surface area contributed by atoms with Gasteiger partial charge in [-0.3, -0.25) is 9.59 Å². The maximum Gasteiger partial charge on any atom is 0.254 e. The highest BCUT2D eigenvalue weighted by atomic mass is 35.5. The van der Waals surface area contributed by atoms with E-state index in [0.717, 1.165) is 0 Å². The van der Waals surface area contributed by atoms with Gasteiger partial charge in [0.25, 0.3) is 5.56 Å². The van der Waals surface area contributed by atoms with Gasteiger partial charge in [-0.2, -0.15) is 0 Å². The Morgan fingerprint density at radius 2 is 1.90 bits per heavy atom. The molecule has 1 N–H and O–H groups in total. The Morgan fingerprint density at radius 3 is 2.55 bits per heavy atom. The van der Waals surface area contributed by atoms with Crippen molar-refractivity contribution in [3.05, 3.63) is 63.5 Å². The number of hydrogen-bond acceptors (Lipinski definition) is 2. The van der Waals surface area contributed by atoms with E-state index in [-0.39, 0.29) is 11.5 Å². The van der Waals surface area contributed by atoms with Crippen molar-refractivity contribution in [3.63, 3.8) is 0 Å². The van der Waals surface area contributed by atoms with Crippen molar-refractivity contribution in [2.24, 2.45) is 0 Å². The van der Waals surface area contributed by atoms with Gasteiger partial charge in [-0.25, -0.2) is 0 Å². The molecule has 0 saturated heterocycles. The Bertz CT molecular complexity index is 677. The summed E-state index contributed by atoms with van der Waals surface area (Å²) in [6.07, 6.45) is 1.61. The number of amides is 1. The summed E-state index contributed by atoms with van der Waals surface area (Å²) in [6, 6.07) is 9.71. The Hall–Kier alpha value is -2.07. The highest BCUT2D eigenvalue weighted by Crippen LogP contribution is 2.15. The van der Waals surface area contributed by atoms with Crippen LogP contribution in [0.2, 0.25) is 5.02 Å². The molecule has 0 aliphatic carbocycles. The first-order valence-electron chi connectivity index (χ1n) is 6.23. The maximum atomic E-state index is 12.2. The average Bonchev–Trinajstić information content (AvgIpc) is 2.43. The number of halogens is 1. The van der Waals surface area contributed by atoms with Crippen LogP contribution in [0.5, 0.6) is 0 Å². The van der Waals surface area contributed by atoms with Crippen molar-refractivity contribution in [2.45, 2.75) is 19.9 Å². The zero-order valence-electron chi connectivity index (χ0n) is 11.3. The standard InChI is InChI=1S/C15H15ClN2O2/c1-10-4-3-9-18(15(10)20)11(2)14(19)17-13-7-5-12(16)6-8-13/h3-9,11H,1-2H3,(H,17,19). The third-order valence-corrected chi connectivity index (χ3v) is 3.33. The van der Waals surface area contributed by atoms with Gasteiger partial charge in [-0.1, -0.05) is 17.7 Å². The van der Waals surface area contributed by atoms with Crippen LogP contribution in [0.3, 0.4) is 0 Å². The normalized spacial score (nSPS) is 11.9. The fourth-order valence-electron chi connectivity index (χ4n) is 1.83. The minimum absolute atomic E-state index is 0.161. The average molecular weight is 291 g/mol. The second kappa shape index (κ2) is 5.92. The largest absolute Gasteiger partial charge is 0.324 e. The van der Waals surface area contributed by atoms with Crippen molar-refractivity contribution in [3.8, 4) is 0 Å². The van der Waals surface area contributed by atoms with Gasteiger partial charge in [0.05, 0.1) is 0 Å². The number of pyridine rings is 1. The molecule has 0 aliphatic heterocycles. The van der Waals surface area contributed by atoms with Gasteiger partial charge in [0.1, 0.15) is 6.04 Å². The summed E-state index contributed by atoms with van der Waals surface area (Å²) >= 11 is 5.79. The Kier molecular flexibility index (Phi) is 4.25. The number of benzene rings is 1. The van der Waals surface area contributed by atoms with E-state index in [0.29, 0.717) is 16.3 Å². The van der Waals surface area contributed by atoms with Crippen molar-refractivity contribution in [2.75, 3.05) is 5.32 Å². The third kappa shape index (κ3) is 3.08. The molecule has 2 rings (SSSR count). The lowest BCUT2D eigenvalue weighted by molar-refractivity contribution is -0.118. The van der Waals surface area contributed by atoms with E-state index in [9.17, 15) is 9.59 Å². The number of hydrogen-bond donors (Lipinski definition) is 1. The van der Waals surface area contributed by atoms with Gasteiger partial charge in [-0.15, -0.1) is 0 Å². The van der Waals surface area contributed by atoms with Crippen LogP contribution >= 0.6 is 11.6 Å². The summed E-state index contributed by atoms with van der Waals surface area (Å²) < 4.78 is 1.42. The summed E-state index contributed by atoms with van der Waals surface area (Å²) in [6.45, 7) is 3.41. The second-order valence-electron chi connectivity index (χ2n) is 4.58. The minimum atomic E-state index is -0.585. The van der Waals surface area contributed by atoms with E-state index >= 15 is 0 Å². The Morgan fingerprint density at radius 1 is 1.25 bits per heavy atom. The van der Waals surface area contributed by atoms with E-state index < -0.39 is 6.04 Å². The number of carbonyl (C=O) groups excluding carboxylic acids is 1. The molecule has 1 heterocycles. The van der Waals surface area contributed by atoms with E-state index in [1.54, 1.807) is 56.4 Å². The molecular weight excluding hydrogens is 276 g/mol. The Balaban J connectivity index is 2.18. The number of rotatable bonds is 3. The zero-order chi connectivity index (χ0) is 14.7. The predicted molar refractivity (Wildman–Crippen MR) is 80.2 cm³/mol. The molecule has 1 amide bonds. The molecule has 4 nitrogen and oxygen atoms in total. The lowest BCUT2D eigenvalue weighted by atomic mass is 10.2. The minimum Gasteiger partial charge on any atom is -0.324 e. The molecule has 1 atom stereocenters. The molecule has 0 bridgehead atoms. The molecule has 0 saturated carbocycles. The number of nitrogens with one attached hydrogen (secondary N) is 1. The summed E-state index contributed by atoms with van der Waals surface area (Å²) in [5.41, 5.74) is 1.09. The SMILES string of the molecule is Cc1cccn(C(C)C(=O)Nc2ccc(Cl)cc2)c1=O. The van der Waals surface area contributed by atoms with Crippen LogP contribution in [0, 0.1) is 6.92 Å². The fourth-order valence-corrected chi connectivity index (χ4v) is 1.96. The van der Waals surface area contributed by atoms with Crippen molar-refractivity contribution >= 4 is 23.2 Å². The van der Waals surface area contributed by atoms with Crippen LogP contribution in [0.25, 0.3) is 0 Å². The molecule has 2 aromatic rings. The summed E-state index contributed by atoms with van der Waals surface area (Å²) in [7, 11) is 0. The monoisotopic (exact) mass is 290 g/mol. The van der Waals surface area contributed by atoms with E-state index in [1.165, 1.54) is 4.57 Å².